The van der Waals surface area contributed by atoms with Crippen LogP contribution in [0.25, 0.3) is 5.78 Å². The van der Waals surface area contributed by atoms with Gasteiger partial charge in [0.05, 0.1) is 18.6 Å². The lowest BCUT2D eigenvalue weighted by molar-refractivity contribution is 0.181. The van der Waals surface area contributed by atoms with E-state index in [1.807, 2.05) is 18.3 Å². The number of imidazole rings is 1. The Bertz CT molecular complexity index is 982. The van der Waals surface area contributed by atoms with Gasteiger partial charge in [-0.05, 0) is 12.0 Å². The number of anilines is 1. The molecule has 1 atom stereocenters. The van der Waals surface area contributed by atoms with Gasteiger partial charge in [0.1, 0.15) is 12.1 Å². The first kappa shape index (κ1) is 17.2. The highest BCUT2D eigenvalue weighted by molar-refractivity contribution is 5.46. The van der Waals surface area contributed by atoms with Crippen LogP contribution < -0.4 is 5.32 Å². The monoisotopic (exact) mass is 363 g/mol. The average Bonchev–Trinajstić information content (AvgIpc) is 3.34. The zero-order valence-electron chi connectivity index (χ0n) is 15.0. The average molecular weight is 363 g/mol. The molecule has 3 aromatic heterocycles. The summed E-state index contributed by atoms with van der Waals surface area (Å²) in [6, 6.07) is 12.5. The zero-order chi connectivity index (χ0) is 18.5. The molecular weight excluding hydrogens is 342 g/mol. The summed E-state index contributed by atoms with van der Waals surface area (Å²) >= 11 is 0. The minimum absolute atomic E-state index is 0.137. The van der Waals surface area contributed by atoms with Crippen LogP contribution in [0.3, 0.4) is 0 Å². The van der Waals surface area contributed by atoms with Gasteiger partial charge in [0.15, 0.2) is 0 Å². The van der Waals surface area contributed by atoms with E-state index >= 15 is 0 Å². The molecule has 0 bridgehead atoms. The summed E-state index contributed by atoms with van der Waals surface area (Å²) in [5.74, 6) is 1.39. The lowest BCUT2D eigenvalue weighted by atomic mass is 10.0. The van der Waals surface area contributed by atoms with Crippen LogP contribution >= 0.6 is 0 Å². The number of fused-ring (bicyclic) bond motifs is 1. The summed E-state index contributed by atoms with van der Waals surface area (Å²) in [4.78, 5) is 16.0. The van der Waals surface area contributed by atoms with Gasteiger partial charge in [-0.3, -0.25) is 0 Å². The Morgan fingerprint density at radius 3 is 2.89 bits per heavy atom. The summed E-state index contributed by atoms with van der Waals surface area (Å²) in [5.41, 5.74) is 3.14. The minimum Gasteiger partial charge on any atom is -0.378 e. The smallest absolute Gasteiger partial charge is 0.254 e. The molecule has 4 rings (SSSR count). The molecule has 0 saturated carbocycles. The van der Waals surface area contributed by atoms with E-state index in [1.165, 1.54) is 11.9 Å². The topological polar surface area (TPSA) is 93.0 Å². The molecule has 0 unspecified atom stereocenters. The summed E-state index contributed by atoms with van der Waals surface area (Å²) in [5, 5.41) is 7.91. The number of nitrogens with zero attached hydrogens (tertiary/aromatic N) is 5. The predicted octanol–water partition coefficient (Wildman–Crippen LogP) is 2.26. The molecule has 1 aromatic carbocycles. The quantitative estimate of drug-likeness (QED) is 0.499. The number of hydrogen-bond acceptors (Lipinski definition) is 6. The molecule has 0 fully saturated rings. The number of hydrogen-bond donors (Lipinski definition) is 2. The van der Waals surface area contributed by atoms with E-state index in [4.69, 9.17) is 4.74 Å². The highest BCUT2D eigenvalue weighted by Crippen LogP contribution is 2.16. The van der Waals surface area contributed by atoms with Crippen LogP contribution in [0.2, 0.25) is 0 Å². The maximum absolute atomic E-state index is 5.23. The maximum Gasteiger partial charge on any atom is 0.254 e. The Morgan fingerprint density at radius 2 is 2.11 bits per heavy atom. The molecule has 8 heteroatoms. The van der Waals surface area contributed by atoms with Gasteiger partial charge in [-0.25, -0.2) is 9.97 Å². The number of rotatable bonds is 8. The molecule has 0 amide bonds. The number of ether oxygens (including phenoxy) is 1. The zero-order valence-corrected chi connectivity index (χ0v) is 15.0. The van der Waals surface area contributed by atoms with Crippen LogP contribution in [0, 0.1) is 0 Å². The van der Waals surface area contributed by atoms with E-state index in [1.54, 1.807) is 18.0 Å². The predicted molar refractivity (Wildman–Crippen MR) is 101 cm³/mol. The first-order valence-electron chi connectivity index (χ1n) is 8.78. The Labute approximate surface area is 156 Å². The SMILES string of the molecule is COCc1cc(N[C@@H](Cc2ccccc2)Cc2cnc[nH]2)n2ncnc2n1. The lowest BCUT2D eigenvalue weighted by Crippen LogP contribution is -2.27. The molecule has 27 heavy (non-hydrogen) atoms. The van der Waals surface area contributed by atoms with Crippen molar-refractivity contribution in [2.24, 2.45) is 0 Å². The van der Waals surface area contributed by atoms with E-state index in [-0.39, 0.29) is 6.04 Å². The number of aromatic amines is 1. The first-order valence-corrected chi connectivity index (χ1v) is 8.78. The summed E-state index contributed by atoms with van der Waals surface area (Å²) in [6.07, 6.45) is 6.72. The lowest BCUT2D eigenvalue weighted by Gasteiger charge is -2.20. The molecular formula is C19H21N7O. The maximum atomic E-state index is 5.23. The molecule has 3 heterocycles. The van der Waals surface area contributed by atoms with Gasteiger partial charge in [0.2, 0.25) is 0 Å². The fraction of sp³-hybridized carbons (Fsp3) is 0.263. The van der Waals surface area contributed by atoms with Gasteiger partial charge in [0, 0.05) is 37.5 Å². The molecule has 0 aliphatic rings. The third-order valence-electron chi connectivity index (χ3n) is 4.30. The second kappa shape index (κ2) is 7.96. The molecule has 0 radical (unpaired) electrons. The van der Waals surface area contributed by atoms with Gasteiger partial charge < -0.3 is 15.0 Å². The Hall–Kier alpha value is -3.26. The molecule has 0 aliphatic heterocycles. The third kappa shape index (κ3) is 4.12. The van der Waals surface area contributed by atoms with Crippen molar-refractivity contribution in [2.75, 3.05) is 12.4 Å². The summed E-state index contributed by atoms with van der Waals surface area (Å²) in [7, 11) is 1.65. The van der Waals surface area contributed by atoms with E-state index in [2.05, 4.69) is 54.6 Å². The van der Waals surface area contributed by atoms with E-state index < -0.39 is 0 Å². The highest BCUT2D eigenvalue weighted by atomic mass is 16.5. The molecule has 0 aliphatic carbocycles. The van der Waals surface area contributed by atoms with Crippen LogP contribution in [0.15, 0.2) is 55.2 Å². The molecule has 0 saturated heterocycles. The van der Waals surface area contributed by atoms with Crippen molar-refractivity contribution in [2.45, 2.75) is 25.5 Å². The van der Waals surface area contributed by atoms with Gasteiger partial charge >= 0.3 is 0 Å². The molecule has 4 aromatic rings. The van der Waals surface area contributed by atoms with Crippen molar-refractivity contribution in [3.05, 3.63) is 72.2 Å². The van der Waals surface area contributed by atoms with Gasteiger partial charge in [-0.15, -0.1) is 0 Å². The molecule has 2 N–H and O–H groups in total. The van der Waals surface area contributed by atoms with Gasteiger partial charge in [0.25, 0.3) is 5.78 Å². The normalized spacial score (nSPS) is 12.3. The van der Waals surface area contributed by atoms with Crippen molar-refractivity contribution in [3.63, 3.8) is 0 Å². The third-order valence-corrected chi connectivity index (χ3v) is 4.30. The second-order valence-corrected chi connectivity index (χ2v) is 6.35. The van der Waals surface area contributed by atoms with Crippen LogP contribution in [0.4, 0.5) is 5.82 Å². The van der Waals surface area contributed by atoms with Crippen molar-refractivity contribution in [1.29, 1.82) is 0 Å². The Kier molecular flexibility index (Phi) is 5.06. The number of methoxy groups -OCH3 is 1. The molecule has 138 valence electrons. The van der Waals surface area contributed by atoms with E-state index in [9.17, 15) is 0 Å². The minimum atomic E-state index is 0.137. The summed E-state index contributed by atoms with van der Waals surface area (Å²) in [6.45, 7) is 0.419. The largest absolute Gasteiger partial charge is 0.378 e. The van der Waals surface area contributed by atoms with Gasteiger partial charge in [-0.2, -0.15) is 14.6 Å². The molecule has 8 nitrogen and oxygen atoms in total. The van der Waals surface area contributed by atoms with Crippen molar-refractivity contribution in [3.8, 4) is 0 Å². The second-order valence-electron chi connectivity index (χ2n) is 6.35. The Morgan fingerprint density at radius 1 is 1.22 bits per heavy atom. The highest BCUT2D eigenvalue weighted by Gasteiger charge is 2.15. The Balaban J connectivity index is 1.64. The first-order chi connectivity index (χ1) is 13.3. The van der Waals surface area contributed by atoms with Crippen LogP contribution in [-0.4, -0.2) is 42.7 Å². The number of benzene rings is 1. The summed E-state index contributed by atoms with van der Waals surface area (Å²) < 4.78 is 6.95. The van der Waals surface area contributed by atoms with Gasteiger partial charge in [-0.1, -0.05) is 30.3 Å². The number of nitrogens with one attached hydrogen (secondary N) is 2. The van der Waals surface area contributed by atoms with E-state index in [0.29, 0.717) is 12.4 Å². The standard InChI is InChI=1S/C19H21N7O/c1-27-11-17-9-18(26-19(25-17)22-13-23-26)24-15(8-16-10-20-12-21-16)7-14-5-3-2-4-6-14/h2-6,9-10,12-13,15,24H,7-8,11H2,1H3,(H,20,21)/t15-/m0/s1. The number of H-pyrrole nitrogens is 1. The fourth-order valence-corrected chi connectivity index (χ4v) is 3.13. The van der Waals surface area contributed by atoms with Crippen molar-refractivity contribution in [1.82, 2.24) is 29.5 Å². The number of aromatic nitrogens is 6. The van der Waals surface area contributed by atoms with Crippen LogP contribution in [0.1, 0.15) is 17.0 Å². The fourth-order valence-electron chi connectivity index (χ4n) is 3.13. The molecule has 0 spiro atoms. The van der Waals surface area contributed by atoms with Crippen molar-refractivity contribution >= 4 is 11.6 Å². The van der Waals surface area contributed by atoms with Crippen LogP contribution in [0.5, 0.6) is 0 Å². The van der Waals surface area contributed by atoms with E-state index in [0.717, 1.165) is 30.0 Å². The van der Waals surface area contributed by atoms with Crippen LogP contribution in [-0.2, 0) is 24.2 Å². The van der Waals surface area contributed by atoms with Crippen molar-refractivity contribution < 1.29 is 4.74 Å².